The minimum atomic E-state index is 0.216. The average Bonchev–Trinajstić information content (AvgIpc) is 2.39. The molecule has 0 aliphatic carbocycles. The highest BCUT2D eigenvalue weighted by Gasteiger charge is 2.41. The van der Waals surface area contributed by atoms with Gasteiger partial charge in [-0.2, -0.15) is 11.8 Å². The van der Waals surface area contributed by atoms with Crippen molar-refractivity contribution in [3.63, 3.8) is 0 Å². The van der Waals surface area contributed by atoms with Gasteiger partial charge >= 0.3 is 0 Å². The van der Waals surface area contributed by atoms with E-state index in [-0.39, 0.29) is 5.54 Å². The van der Waals surface area contributed by atoms with Gasteiger partial charge in [-0.25, -0.2) is 0 Å². The molecule has 0 bridgehead atoms. The minimum Gasteiger partial charge on any atom is -0.378 e. The van der Waals surface area contributed by atoms with Crippen LogP contribution in [0, 0.1) is 0 Å². The Labute approximate surface area is 116 Å². The molecule has 0 aromatic carbocycles. The minimum absolute atomic E-state index is 0.216. The molecule has 2 aliphatic heterocycles. The lowest BCUT2D eigenvalue weighted by Gasteiger charge is -2.50. The Morgan fingerprint density at radius 1 is 1.50 bits per heavy atom. The highest BCUT2D eigenvalue weighted by Crippen LogP contribution is 2.34. The summed E-state index contributed by atoms with van der Waals surface area (Å²) in [5.74, 6) is 1.25. The molecule has 18 heavy (non-hydrogen) atoms. The first-order valence-corrected chi connectivity index (χ1v) is 8.43. The molecule has 2 heterocycles. The lowest BCUT2D eigenvalue weighted by Crippen LogP contribution is -2.61. The maximum absolute atomic E-state index is 6.17. The fourth-order valence-electron chi connectivity index (χ4n) is 3.36. The predicted molar refractivity (Wildman–Crippen MR) is 79.2 cm³/mol. The predicted octanol–water partition coefficient (Wildman–Crippen LogP) is 2.10. The summed E-state index contributed by atoms with van der Waals surface area (Å²) in [6.45, 7) is 8.64. The van der Waals surface area contributed by atoms with Gasteiger partial charge in [-0.1, -0.05) is 20.3 Å². The molecule has 0 saturated carbocycles. The number of ether oxygens (including phenoxy) is 1. The Morgan fingerprint density at radius 3 is 3.00 bits per heavy atom. The third-order valence-corrected chi connectivity index (χ3v) is 5.57. The number of nitrogens with two attached hydrogens (primary N) is 1. The summed E-state index contributed by atoms with van der Waals surface area (Å²) in [5, 5.41) is 0.745. The Balaban J connectivity index is 2.03. The molecular weight excluding hydrogens is 244 g/mol. The molecule has 0 amide bonds. The highest BCUT2D eigenvalue weighted by atomic mass is 32.2. The maximum Gasteiger partial charge on any atom is 0.0593 e. The fraction of sp³-hybridized carbons (Fsp3) is 1.00. The topological polar surface area (TPSA) is 38.5 Å². The van der Waals surface area contributed by atoms with Gasteiger partial charge in [0, 0.05) is 42.8 Å². The van der Waals surface area contributed by atoms with Gasteiger partial charge in [0.15, 0.2) is 0 Å². The first-order valence-electron chi connectivity index (χ1n) is 7.38. The molecular formula is C14H28N2OS. The number of rotatable bonds is 4. The van der Waals surface area contributed by atoms with E-state index >= 15 is 0 Å². The quantitative estimate of drug-likeness (QED) is 0.850. The molecule has 0 spiro atoms. The summed E-state index contributed by atoms with van der Waals surface area (Å²) in [5.41, 5.74) is 6.38. The van der Waals surface area contributed by atoms with Crippen molar-refractivity contribution in [1.29, 1.82) is 0 Å². The van der Waals surface area contributed by atoms with Crippen molar-refractivity contribution in [2.45, 2.75) is 56.4 Å². The van der Waals surface area contributed by atoms with Crippen LogP contribution < -0.4 is 5.73 Å². The van der Waals surface area contributed by atoms with Crippen LogP contribution in [0.4, 0.5) is 0 Å². The molecule has 3 unspecified atom stereocenters. The van der Waals surface area contributed by atoms with Crippen LogP contribution in [0.1, 0.15) is 39.5 Å². The normalized spacial score (nSPS) is 38.8. The van der Waals surface area contributed by atoms with E-state index < -0.39 is 0 Å². The summed E-state index contributed by atoms with van der Waals surface area (Å²) in [7, 11) is 0. The molecule has 0 aromatic rings. The van der Waals surface area contributed by atoms with Crippen molar-refractivity contribution >= 4 is 11.8 Å². The molecule has 4 heteroatoms. The van der Waals surface area contributed by atoms with Crippen LogP contribution in [-0.2, 0) is 4.74 Å². The van der Waals surface area contributed by atoms with E-state index in [1.165, 1.54) is 31.7 Å². The van der Waals surface area contributed by atoms with Crippen LogP contribution in [0.15, 0.2) is 0 Å². The largest absolute Gasteiger partial charge is 0.378 e. The molecule has 106 valence electrons. The van der Waals surface area contributed by atoms with Gasteiger partial charge in [0.25, 0.3) is 0 Å². The summed E-state index contributed by atoms with van der Waals surface area (Å²) < 4.78 is 5.91. The first-order chi connectivity index (χ1) is 8.70. The van der Waals surface area contributed by atoms with Crippen LogP contribution in [0.2, 0.25) is 0 Å². The summed E-state index contributed by atoms with van der Waals surface area (Å²) in [6, 6.07) is 0. The molecule has 0 radical (unpaired) electrons. The lowest BCUT2D eigenvalue weighted by molar-refractivity contribution is -0.0727. The molecule has 2 fully saturated rings. The molecule has 2 aliphatic rings. The van der Waals surface area contributed by atoms with E-state index in [1.807, 2.05) is 0 Å². The summed E-state index contributed by atoms with van der Waals surface area (Å²) >= 11 is 2.09. The van der Waals surface area contributed by atoms with Gasteiger partial charge in [0.05, 0.1) is 6.10 Å². The monoisotopic (exact) mass is 272 g/mol. The van der Waals surface area contributed by atoms with Crippen molar-refractivity contribution in [1.82, 2.24) is 4.90 Å². The van der Waals surface area contributed by atoms with E-state index in [0.717, 1.165) is 31.2 Å². The number of nitrogens with zero attached hydrogens (tertiary/aromatic N) is 1. The number of hydrogen-bond donors (Lipinski definition) is 1. The zero-order valence-electron chi connectivity index (χ0n) is 11.9. The van der Waals surface area contributed by atoms with Crippen molar-refractivity contribution in [2.75, 3.05) is 32.0 Å². The zero-order valence-corrected chi connectivity index (χ0v) is 12.7. The Hall–Kier alpha value is 0.230. The van der Waals surface area contributed by atoms with Crippen LogP contribution in [0.5, 0.6) is 0 Å². The van der Waals surface area contributed by atoms with E-state index in [0.29, 0.717) is 6.10 Å². The van der Waals surface area contributed by atoms with Crippen LogP contribution >= 0.6 is 11.8 Å². The molecule has 0 aromatic heterocycles. The number of thioether (sulfide) groups is 1. The highest BCUT2D eigenvalue weighted by molar-refractivity contribution is 7.99. The van der Waals surface area contributed by atoms with Gasteiger partial charge in [0.1, 0.15) is 0 Å². The number of hydrogen-bond acceptors (Lipinski definition) is 4. The van der Waals surface area contributed by atoms with Gasteiger partial charge < -0.3 is 10.5 Å². The van der Waals surface area contributed by atoms with Gasteiger partial charge in [0.2, 0.25) is 0 Å². The Morgan fingerprint density at radius 2 is 2.33 bits per heavy atom. The Bertz CT molecular complexity index is 262. The van der Waals surface area contributed by atoms with Crippen molar-refractivity contribution in [3.8, 4) is 0 Å². The average molecular weight is 272 g/mol. The van der Waals surface area contributed by atoms with E-state index in [2.05, 4.69) is 30.5 Å². The maximum atomic E-state index is 6.17. The van der Waals surface area contributed by atoms with Gasteiger partial charge in [-0.05, 0) is 19.3 Å². The van der Waals surface area contributed by atoms with Crippen LogP contribution in [0.3, 0.4) is 0 Å². The van der Waals surface area contributed by atoms with E-state index in [9.17, 15) is 0 Å². The van der Waals surface area contributed by atoms with E-state index in [4.69, 9.17) is 10.5 Å². The zero-order chi connectivity index (χ0) is 13.0. The second kappa shape index (κ2) is 6.60. The Kier molecular flexibility index (Phi) is 5.36. The van der Waals surface area contributed by atoms with Crippen molar-refractivity contribution in [3.05, 3.63) is 0 Å². The van der Waals surface area contributed by atoms with Gasteiger partial charge in [-0.3, -0.25) is 4.90 Å². The molecule has 3 atom stereocenters. The lowest BCUT2D eigenvalue weighted by atomic mass is 9.83. The third-order valence-electron chi connectivity index (χ3n) is 4.43. The van der Waals surface area contributed by atoms with Crippen LogP contribution in [-0.4, -0.2) is 53.8 Å². The molecule has 3 nitrogen and oxygen atoms in total. The second-order valence-corrected chi connectivity index (χ2v) is 7.34. The molecule has 2 saturated heterocycles. The molecule has 2 rings (SSSR count). The smallest absolute Gasteiger partial charge is 0.0593 e. The SMILES string of the molecule is CCCC1CC(CN)(N2CCSC(C)C2)CCO1. The fourth-order valence-corrected chi connectivity index (χ4v) is 4.37. The van der Waals surface area contributed by atoms with Crippen LogP contribution in [0.25, 0.3) is 0 Å². The van der Waals surface area contributed by atoms with Crippen molar-refractivity contribution < 1.29 is 4.74 Å². The van der Waals surface area contributed by atoms with Gasteiger partial charge in [-0.15, -0.1) is 0 Å². The van der Waals surface area contributed by atoms with E-state index in [1.54, 1.807) is 0 Å². The third kappa shape index (κ3) is 3.21. The summed E-state index contributed by atoms with van der Waals surface area (Å²) in [6.07, 6.45) is 5.06. The van der Waals surface area contributed by atoms with Crippen molar-refractivity contribution in [2.24, 2.45) is 5.73 Å². The first kappa shape index (κ1) is 14.6. The molecule has 2 N–H and O–H groups in total. The standard InChI is InChI=1S/C14H28N2OS/c1-3-4-13-9-14(11-15,5-7-17-13)16-6-8-18-12(2)10-16/h12-13H,3-11,15H2,1-2H3. The second-order valence-electron chi connectivity index (χ2n) is 5.79. The summed E-state index contributed by atoms with van der Waals surface area (Å²) in [4.78, 5) is 2.67.